The van der Waals surface area contributed by atoms with Gasteiger partial charge in [-0.3, -0.25) is 9.36 Å². The maximum Gasteiger partial charge on any atom is 0.281 e. The van der Waals surface area contributed by atoms with E-state index in [0.29, 0.717) is 26.4 Å². The fraction of sp³-hybridized carbons (Fsp3) is 0.188. The van der Waals surface area contributed by atoms with Crippen molar-refractivity contribution in [1.29, 1.82) is 0 Å². The summed E-state index contributed by atoms with van der Waals surface area (Å²) in [4.78, 5) is 16.7. The molecule has 4 aromatic rings. The normalized spacial score (nSPS) is 12.6. The Morgan fingerprint density at radius 1 is 1.26 bits per heavy atom. The molecule has 0 saturated heterocycles. The van der Waals surface area contributed by atoms with Crippen molar-refractivity contribution in [2.75, 3.05) is 0 Å². The van der Waals surface area contributed by atoms with Crippen LogP contribution in [0.5, 0.6) is 0 Å². The molecule has 0 amide bonds. The standard InChI is InChI=1S/C16H12BrClN6O3/c17-11-6-19-24-15(11)16(26)23(8-20-24)7-14-21-13(22-27-14)5-12(25)9-1-3-10(18)4-2-9/h1-4,6,8,12,25H,5,7H2. The number of hydrogen-bond acceptors (Lipinski definition) is 7. The molecule has 0 saturated carbocycles. The van der Waals surface area contributed by atoms with Gasteiger partial charge >= 0.3 is 0 Å². The minimum absolute atomic E-state index is 0.0595. The van der Waals surface area contributed by atoms with Crippen LogP contribution >= 0.6 is 27.5 Å². The van der Waals surface area contributed by atoms with Crippen molar-refractivity contribution in [3.63, 3.8) is 0 Å². The Bertz CT molecular complexity index is 1150. The Balaban J connectivity index is 1.51. The fourth-order valence-corrected chi connectivity index (χ4v) is 3.11. The minimum atomic E-state index is -0.795. The van der Waals surface area contributed by atoms with Crippen molar-refractivity contribution in [2.24, 2.45) is 0 Å². The largest absolute Gasteiger partial charge is 0.388 e. The molecule has 11 heteroatoms. The van der Waals surface area contributed by atoms with Crippen LogP contribution in [-0.2, 0) is 13.0 Å². The number of nitrogens with zero attached hydrogens (tertiary/aromatic N) is 6. The van der Waals surface area contributed by atoms with E-state index in [9.17, 15) is 9.90 Å². The number of benzene rings is 1. The van der Waals surface area contributed by atoms with Crippen molar-refractivity contribution in [3.8, 4) is 0 Å². The maximum absolute atomic E-state index is 12.5. The Morgan fingerprint density at radius 3 is 2.81 bits per heavy atom. The van der Waals surface area contributed by atoms with Gasteiger partial charge in [0.05, 0.1) is 16.8 Å². The van der Waals surface area contributed by atoms with Gasteiger partial charge in [0.1, 0.15) is 12.9 Å². The first kappa shape index (κ1) is 17.8. The van der Waals surface area contributed by atoms with Crippen LogP contribution in [-0.4, -0.2) is 34.6 Å². The molecular formula is C16H12BrClN6O3. The van der Waals surface area contributed by atoms with Gasteiger partial charge in [-0.05, 0) is 33.6 Å². The van der Waals surface area contributed by atoms with Crippen LogP contribution in [0.1, 0.15) is 23.4 Å². The van der Waals surface area contributed by atoms with Crippen molar-refractivity contribution in [3.05, 3.63) is 73.9 Å². The van der Waals surface area contributed by atoms with Gasteiger partial charge in [0.15, 0.2) is 11.3 Å². The van der Waals surface area contributed by atoms with E-state index in [-0.39, 0.29) is 24.4 Å². The van der Waals surface area contributed by atoms with E-state index in [4.69, 9.17) is 16.1 Å². The highest BCUT2D eigenvalue weighted by atomic mass is 79.9. The summed E-state index contributed by atoms with van der Waals surface area (Å²) < 4.78 is 8.32. The number of aliphatic hydroxyl groups is 1. The number of aromatic nitrogens is 6. The lowest BCUT2D eigenvalue weighted by Gasteiger charge is -2.08. The van der Waals surface area contributed by atoms with Crippen LogP contribution in [0.3, 0.4) is 0 Å². The fourth-order valence-electron chi connectivity index (χ4n) is 2.57. The third-order valence-electron chi connectivity index (χ3n) is 3.92. The van der Waals surface area contributed by atoms with Crippen LogP contribution < -0.4 is 5.56 Å². The first-order valence-corrected chi connectivity index (χ1v) is 9.02. The highest BCUT2D eigenvalue weighted by Gasteiger charge is 2.16. The third kappa shape index (κ3) is 3.64. The van der Waals surface area contributed by atoms with Crippen LogP contribution in [0.25, 0.3) is 5.52 Å². The number of hydrogen-bond donors (Lipinski definition) is 1. The van der Waals surface area contributed by atoms with Gasteiger partial charge in [0, 0.05) is 11.4 Å². The van der Waals surface area contributed by atoms with Gasteiger partial charge in [0.25, 0.3) is 5.56 Å². The van der Waals surface area contributed by atoms with Gasteiger partial charge < -0.3 is 9.63 Å². The van der Waals surface area contributed by atoms with Crippen molar-refractivity contribution >= 4 is 33.0 Å². The Labute approximate surface area is 165 Å². The molecule has 138 valence electrons. The highest BCUT2D eigenvalue weighted by molar-refractivity contribution is 9.10. The first-order valence-electron chi connectivity index (χ1n) is 7.85. The lowest BCUT2D eigenvalue weighted by Crippen LogP contribution is -2.24. The third-order valence-corrected chi connectivity index (χ3v) is 4.75. The molecule has 4 rings (SSSR count). The quantitative estimate of drug-likeness (QED) is 0.494. The molecule has 0 radical (unpaired) electrons. The molecule has 0 aliphatic rings. The summed E-state index contributed by atoms with van der Waals surface area (Å²) >= 11 is 9.12. The smallest absolute Gasteiger partial charge is 0.281 e. The van der Waals surface area contributed by atoms with Gasteiger partial charge in [0.2, 0.25) is 5.89 Å². The lowest BCUT2D eigenvalue weighted by atomic mass is 10.1. The zero-order valence-electron chi connectivity index (χ0n) is 13.7. The molecule has 1 N–H and O–H groups in total. The van der Waals surface area contributed by atoms with Crippen LogP contribution in [0, 0.1) is 0 Å². The Kier molecular flexibility index (Phi) is 4.77. The average molecular weight is 452 g/mol. The number of fused-ring (bicyclic) bond motifs is 1. The Hall–Kier alpha value is -2.56. The summed E-state index contributed by atoms with van der Waals surface area (Å²) in [6.07, 6.45) is 2.22. The molecule has 0 bridgehead atoms. The SMILES string of the molecule is O=c1c2c(Br)cnn2ncn1Cc1nc(CC(O)c2ccc(Cl)cc2)no1. The van der Waals surface area contributed by atoms with Gasteiger partial charge in [-0.15, -0.1) is 9.73 Å². The molecule has 0 fully saturated rings. The second-order valence-electron chi connectivity index (χ2n) is 5.77. The maximum atomic E-state index is 12.5. The number of halogens is 2. The van der Waals surface area contributed by atoms with E-state index >= 15 is 0 Å². The second-order valence-corrected chi connectivity index (χ2v) is 7.06. The van der Waals surface area contributed by atoms with Crippen molar-refractivity contribution in [2.45, 2.75) is 19.1 Å². The minimum Gasteiger partial charge on any atom is -0.388 e. The predicted octanol–water partition coefficient (Wildman–Crippen LogP) is 2.01. The predicted molar refractivity (Wildman–Crippen MR) is 98.5 cm³/mol. The molecule has 0 aliphatic carbocycles. The monoisotopic (exact) mass is 450 g/mol. The van der Waals surface area contributed by atoms with E-state index in [1.165, 1.54) is 21.7 Å². The lowest BCUT2D eigenvalue weighted by molar-refractivity contribution is 0.174. The Morgan fingerprint density at radius 2 is 2.04 bits per heavy atom. The second kappa shape index (κ2) is 7.22. The summed E-state index contributed by atoms with van der Waals surface area (Å²) in [6.45, 7) is 0.0595. The molecule has 0 spiro atoms. The zero-order chi connectivity index (χ0) is 19.0. The summed E-state index contributed by atoms with van der Waals surface area (Å²) in [7, 11) is 0. The number of rotatable bonds is 5. The summed E-state index contributed by atoms with van der Waals surface area (Å²) in [5.74, 6) is 0.567. The average Bonchev–Trinajstić information content (AvgIpc) is 3.25. The topological polar surface area (TPSA) is 111 Å². The van der Waals surface area contributed by atoms with E-state index < -0.39 is 6.10 Å². The molecule has 0 aliphatic heterocycles. The molecule has 1 atom stereocenters. The summed E-state index contributed by atoms with van der Waals surface area (Å²) in [5.41, 5.74) is 0.716. The van der Waals surface area contributed by atoms with Gasteiger partial charge in [-0.2, -0.15) is 10.1 Å². The molecule has 3 aromatic heterocycles. The molecular weight excluding hydrogens is 440 g/mol. The van der Waals surface area contributed by atoms with Crippen molar-refractivity contribution < 1.29 is 9.63 Å². The van der Waals surface area contributed by atoms with E-state index in [1.54, 1.807) is 24.3 Å². The molecule has 9 nitrogen and oxygen atoms in total. The van der Waals surface area contributed by atoms with Crippen molar-refractivity contribution in [1.82, 2.24) is 29.5 Å². The van der Waals surface area contributed by atoms with Gasteiger partial charge in [-0.25, -0.2) is 0 Å². The van der Waals surface area contributed by atoms with E-state index in [0.717, 1.165) is 0 Å². The zero-order valence-corrected chi connectivity index (χ0v) is 16.0. The summed E-state index contributed by atoms with van der Waals surface area (Å²) in [5, 5.41) is 22.8. The van der Waals surface area contributed by atoms with E-state index in [1.807, 2.05) is 0 Å². The van der Waals surface area contributed by atoms with E-state index in [2.05, 4.69) is 36.3 Å². The van der Waals surface area contributed by atoms with Crippen LogP contribution in [0.15, 0.2) is 50.6 Å². The van der Waals surface area contributed by atoms with Crippen LogP contribution in [0.4, 0.5) is 0 Å². The first-order chi connectivity index (χ1) is 13.0. The molecule has 1 aromatic carbocycles. The molecule has 1 unspecified atom stereocenters. The highest BCUT2D eigenvalue weighted by Crippen LogP contribution is 2.19. The molecule has 27 heavy (non-hydrogen) atoms. The summed E-state index contributed by atoms with van der Waals surface area (Å²) in [6, 6.07) is 6.87. The number of aliphatic hydroxyl groups excluding tert-OH is 1. The van der Waals surface area contributed by atoms with Crippen LogP contribution in [0.2, 0.25) is 5.02 Å². The van der Waals surface area contributed by atoms with Gasteiger partial charge in [-0.1, -0.05) is 28.9 Å². The molecule has 3 heterocycles.